The molecule has 0 aliphatic rings. The molecule has 9 nitrogen and oxygen atoms in total. The molecule has 0 saturated heterocycles. The molecule has 31 heavy (non-hydrogen) atoms. The van der Waals surface area contributed by atoms with Crippen molar-refractivity contribution in [1.29, 1.82) is 5.26 Å². The number of hydrogen-bond acceptors (Lipinski definition) is 6. The summed E-state index contributed by atoms with van der Waals surface area (Å²) in [7, 11) is 0. The Bertz CT molecular complexity index is 1320. The van der Waals surface area contributed by atoms with Gasteiger partial charge in [-0.3, -0.25) is 9.48 Å². The van der Waals surface area contributed by atoms with Crippen molar-refractivity contribution in [2.45, 2.75) is 32.9 Å². The third kappa shape index (κ3) is 4.15. The molecule has 0 atom stereocenters. The van der Waals surface area contributed by atoms with Crippen LogP contribution in [-0.4, -0.2) is 41.0 Å². The fraction of sp³-hybridized carbons (Fsp3) is 0.227. The highest BCUT2D eigenvalue weighted by Gasteiger charge is 2.22. The molecule has 9 heteroatoms. The fourth-order valence-corrected chi connectivity index (χ4v) is 3.31. The van der Waals surface area contributed by atoms with Gasteiger partial charge in [-0.05, 0) is 44.5 Å². The van der Waals surface area contributed by atoms with Crippen LogP contribution in [0.1, 0.15) is 35.3 Å². The molecule has 3 aromatic heterocycles. The van der Waals surface area contributed by atoms with Gasteiger partial charge in [-0.2, -0.15) is 15.5 Å². The SMILES string of the molecule is Cc1ccc(C#N)cc1-c1nn(CC(C)(C)O)cc1NC(=O)c1cnn2cccnc12. The second-order valence-electron chi connectivity index (χ2n) is 7.94. The Morgan fingerprint density at radius 3 is 2.90 bits per heavy atom. The van der Waals surface area contributed by atoms with Gasteiger partial charge in [-0.25, -0.2) is 9.50 Å². The monoisotopic (exact) mass is 415 g/mol. The summed E-state index contributed by atoms with van der Waals surface area (Å²) in [5.74, 6) is -0.383. The van der Waals surface area contributed by atoms with E-state index in [1.165, 1.54) is 10.7 Å². The van der Waals surface area contributed by atoms with Gasteiger partial charge in [0.2, 0.25) is 0 Å². The molecule has 0 spiro atoms. The van der Waals surface area contributed by atoms with Gasteiger partial charge in [0.15, 0.2) is 5.65 Å². The number of amides is 1. The first-order valence-corrected chi connectivity index (χ1v) is 9.66. The topological polar surface area (TPSA) is 121 Å². The second-order valence-corrected chi connectivity index (χ2v) is 7.94. The summed E-state index contributed by atoms with van der Waals surface area (Å²) in [6.45, 7) is 5.50. The standard InChI is InChI=1S/C22H21N7O2/c1-14-5-6-15(10-23)9-16(14)19-18(12-28(27-19)13-22(2,3)31)26-21(30)17-11-25-29-8-4-7-24-20(17)29/h4-9,11-12,31H,13H2,1-3H3,(H,26,30). The van der Waals surface area contributed by atoms with E-state index >= 15 is 0 Å². The van der Waals surface area contributed by atoms with Gasteiger partial charge in [0.25, 0.3) is 5.91 Å². The largest absolute Gasteiger partial charge is 0.389 e. The van der Waals surface area contributed by atoms with E-state index in [4.69, 9.17) is 0 Å². The number of aromatic nitrogens is 5. The Balaban J connectivity index is 1.77. The van der Waals surface area contributed by atoms with Gasteiger partial charge in [-0.15, -0.1) is 0 Å². The molecule has 0 bridgehead atoms. The summed E-state index contributed by atoms with van der Waals surface area (Å²) in [4.78, 5) is 17.3. The average molecular weight is 415 g/mol. The highest BCUT2D eigenvalue weighted by molar-refractivity contribution is 6.09. The highest BCUT2D eigenvalue weighted by Crippen LogP contribution is 2.31. The van der Waals surface area contributed by atoms with Gasteiger partial charge in [0, 0.05) is 24.2 Å². The maximum Gasteiger partial charge on any atom is 0.261 e. The molecular formula is C22H21N7O2. The average Bonchev–Trinajstić information content (AvgIpc) is 3.31. The number of carbonyl (C=O) groups is 1. The number of aliphatic hydroxyl groups is 1. The van der Waals surface area contributed by atoms with Crippen molar-refractivity contribution in [2.75, 3.05) is 5.32 Å². The van der Waals surface area contributed by atoms with E-state index in [0.717, 1.165) is 11.1 Å². The molecule has 0 saturated carbocycles. The van der Waals surface area contributed by atoms with E-state index in [1.807, 2.05) is 13.0 Å². The zero-order valence-electron chi connectivity index (χ0n) is 17.4. The van der Waals surface area contributed by atoms with Gasteiger partial charge in [-0.1, -0.05) is 6.07 Å². The number of nitriles is 1. The van der Waals surface area contributed by atoms with Crippen LogP contribution in [0.2, 0.25) is 0 Å². The molecule has 0 radical (unpaired) electrons. The number of aryl methyl sites for hydroxylation is 1. The smallest absolute Gasteiger partial charge is 0.261 e. The molecule has 0 fully saturated rings. The van der Waals surface area contributed by atoms with E-state index in [-0.39, 0.29) is 12.5 Å². The van der Waals surface area contributed by atoms with Crippen molar-refractivity contribution < 1.29 is 9.90 Å². The number of benzene rings is 1. The minimum Gasteiger partial charge on any atom is -0.389 e. The zero-order valence-corrected chi connectivity index (χ0v) is 17.4. The van der Waals surface area contributed by atoms with E-state index in [1.54, 1.807) is 55.3 Å². The maximum atomic E-state index is 13.0. The molecule has 4 rings (SSSR count). The number of carbonyl (C=O) groups excluding carboxylic acids is 1. The van der Waals surface area contributed by atoms with Crippen molar-refractivity contribution in [1.82, 2.24) is 24.4 Å². The van der Waals surface area contributed by atoms with Crippen LogP contribution >= 0.6 is 0 Å². The second kappa shape index (κ2) is 7.66. The Labute approximate surface area is 178 Å². The molecule has 0 aliphatic heterocycles. The minimum atomic E-state index is -1.000. The van der Waals surface area contributed by atoms with Crippen LogP contribution in [0.25, 0.3) is 16.9 Å². The summed E-state index contributed by atoms with van der Waals surface area (Å²) >= 11 is 0. The molecule has 0 aliphatic carbocycles. The number of rotatable bonds is 5. The first-order valence-electron chi connectivity index (χ1n) is 9.66. The van der Waals surface area contributed by atoms with E-state index in [9.17, 15) is 15.2 Å². The van der Waals surface area contributed by atoms with Gasteiger partial charge in [0.1, 0.15) is 11.3 Å². The quantitative estimate of drug-likeness (QED) is 0.517. The van der Waals surface area contributed by atoms with Crippen molar-refractivity contribution in [2.24, 2.45) is 0 Å². The molecule has 3 heterocycles. The highest BCUT2D eigenvalue weighted by atomic mass is 16.3. The third-order valence-corrected chi connectivity index (χ3v) is 4.70. The van der Waals surface area contributed by atoms with Gasteiger partial charge >= 0.3 is 0 Å². The van der Waals surface area contributed by atoms with Crippen LogP contribution in [-0.2, 0) is 6.54 Å². The molecule has 156 valence electrons. The molecule has 1 amide bonds. The normalized spacial score (nSPS) is 11.5. The maximum absolute atomic E-state index is 13.0. The molecular weight excluding hydrogens is 394 g/mol. The summed E-state index contributed by atoms with van der Waals surface area (Å²) < 4.78 is 3.10. The van der Waals surface area contributed by atoms with Gasteiger partial charge < -0.3 is 10.4 Å². The van der Waals surface area contributed by atoms with E-state index in [2.05, 4.69) is 26.6 Å². The van der Waals surface area contributed by atoms with Crippen molar-refractivity contribution >= 4 is 17.2 Å². The van der Waals surface area contributed by atoms with Crippen LogP contribution < -0.4 is 5.32 Å². The van der Waals surface area contributed by atoms with E-state index < -0.39 is 5.60 Å². The zero-order chi connectivity index (χ0) is 22.2. The first-order chi connectivity index (χ1) is 14.7. The number of fused-ring (bicyclic) bond motifs is 1. The number of nitrogens with one attached hydrogen (secondary N) is 1. The Morgan fingerprint density at radius 1 is 1.35 bits per heavy atom. The third-order valence-electron chi connectivity index (χ3n) is 4.70. The summed E-state index contributed by atoms with van der Waals surface area (Å²) in [5.41, 5.74) is 2.85. The van der Waals surface area contributed by atoms with Crippen LogP contribution in [0.15, 0.2) is 49.1 Å². The summed E-state index contributed by atoms with van der Waals surface area (Å²) in [5, 5.41) is 31.2. The summed E-state index contributed by atoms with van der Waals surface area (Å²) in [6, 6.07) is 9.16. The lowest BCUT2D eigenvalue weighted by Gasteiger charge is -2.16. The molecule has 1 aromatic carbocycles. The van der Waals surface area contributed by atoms with Crippen LogP contribution in [0.5, 0.6) is 0 Å². The summed E-state index contributed by atoms with van der Waals surface area (Å²) in [6.07, 6.45) is 6.43. The first kappa shape index (κ1) is 20.3. The predicted octanol–water partition coefficient (Wildman–Crippen LogP) is 2.80. The molecule has 4 aromatic rings. The van der Waals surface area contributed by atoms with Crippen LogP contribution in [0.4, 0.5) is 5.69 Å². The lowest BCUT2D eigenvalue weighted by atomic mass is 10.0. The van der Waals surface area contributed by atoms with Crippen molar-refractivity contribution in [3.63, 3.8) is 0 Å². The number of nitrogens with zero attached hydrogens (tertiary/aromatic N) is 6. The van der Waals surface area contributed by atoms with Crippen LogP contribution in [0.3, 0.4) is 0 Å². The molecule has 2 N–H and O–H groups in total. The Hall–Kier alpha value is -4.03. The van der Waals surface area contributed by atoms with Crippen molar-refractivity contribution in [3.05, 3.63) is 65.7 Å². The fourth-order valence-electron chi connectivity index (χ4n) is 3.31. The lowest BCUT2D eigenvalue weighted by molar-refractivity contribution is 0.0578. The molecule has 0 unspecified atom stereocenters. The lowest BCUT2D eigenvalue weighted by Crippen LogP contribution is -2.26. The predicted molar refractivity (Wildman–Crippen MR) is 114 cm³/mol. The Kier molecular flexibility index (Phi) is 5.01. The van der Waals surface area contributed by atoms with Gasteiger partial charge in [0.05, 0.1) is 35.7 Å². The Morgan fingerprint density at radius 2 is 2.16 bits per heavy atom. The van der Waals surface area contributed by atoms with E-state index in [0.29, 0.717) is 28.2 Å². The van der Waals surface area contributed by atoms with Crippen LogP contribution in [0, 0.1) is 18.3 Å². The minimum absolute atomic E-state index is 0.227. The number of hydrogen-bond donors (Lipinski definition) is 2. The number of anilines is 1. The van der Waals surface area contributed by atoms with Crippen molar-refractivity contribution in [3.8, 4) is 17.3 Å².